The minimum absolute atomic E-state index is 0.418. The lowest BCUT2D eigenvalue weighted by molar-refractivity contribution is 0.372. The van der Waals surface area contributed by atoms with Gasteiger partial charge in [-0.15, -0.1) is 0 Å². The fourth-order valence-electron chi connectivity index (χ4n) is 2.08. The molecule has 0 radical (unpaired) electrons. The number of nitrogens with two attached hydrogens (primary N) is 1. The van der Waals surface area contributed by atoms with Gasteiger partial charge in [-0.05, 0) is 25.0 Å². The van der Waals surface area contributed by atoms with Crippen LogP contribution in [0.4, 0.5) is 5.82 Å². The molecule has 2 rings (SSSR count). The van der Waals surface area contributed by atoms with E-state index in [1.165, 1.54) is 0 Å². The average molecular weight is 244 g/mol. The number of nitrogen functional groups attached to an aromatic ring is 1. The molecule has 2 heterocycles. The van der Waals surface area contributed by atoms with Gasteiger partial charge in [0.1, 0.15) is 5.82 Å². The summed E-state index contributed by atoms with van der Waals surface area (Å²) in [7, 11) is 0. The number of pyridine rings is 1. The number of anilines is 1. The zero-order valence-electron chi connectivity index (χ0n) is 11.2. The van der Waals surface area contributed by atoms with Gasteiger partial charge < -0.3 is 10.3 Å². The van der Waals surface area contributed by atoms with Gasteiger partial charge in [-0.1, -0.05) is 20.3 Å². The summed E-state index contributed by atoms with van der Waals surface area (Å²) in [6.45, 7) is 6.70. The van der Waals surface area contributed by atoms with Gasteiger partial charge in [0, 0.05) is 17.8 Å². The van der Waals surface area contributed by atoms with E-state index in [2.05, 4.69) is 35.3 Å². The Morgan fingerprint density at radius 1 is 1.39 bits per heavy atom. The van der Waals surface area contributed by atoms with Gasteiger partial charge in [-0.3, -0.25) is 0 Å². The molecule has 0 amide bonds. The first kappa shape index (κ1) is 12.6. The van der Waals surface area contributed by atoms with Crippen LogP contribution in [0.25, 0.3) is 11.3 Å². The number of rotatable bonds is 4. The maximum absolute atomic E-state index is 5.74. The van der Waals surface area contributed by atoms with Crippen molar-refractivity contribution in [2.24, 2.45) is 5.92 Å². The van der Waals surface area contributed by atoms with Crippen molar-refractivity contribution in [2.75, 3.05) is 5.73 Å². The Labute approximate surface area is 108 Å². The Hall–Kier alpha value is -1.84. The molecular weight excluding hydrogens is 224 g/mol. The first-order valence-electron chi connectivity index (χ1n) is 6.37. The summed E-state index contributed by atoms with van der Waals surface area (Å²) in [4.78, 5) is 8.29. The zero-order chi connectivity index (χ0) is 13.1. The highest BCUT2D eigenvalue weighted by Gasteiger charge is 2.16. The molecule has 2 aromatic heterocycles. The van der Waals surface area contributed by atoms with Gasteiger partial charge in [0.15, 0.2) is 0 Å². The fraction of sp³-hybridized carbons (Fsp3) is 0.429. The zero-order valence-corrected chi connectivity index (χ0v) is 11.2. The van der Waals surface area contributed by atoms with Gasteiger partial charge in [-0.25, -0.2) is 9.97 Å². The Morgan fingerprint density at radius 2 is 2.17 bits per heavy atom. The highest BCUT2D eigenvalue weighted by molar-refractivity contribution is 5.61. The summed E-state index contributed by atoms with van der Waals surface area (Å²) in [5, 5.41) is 0. The second-order valence-corrected chi connectivity index (χ2v) is 4.78. The predicted octanol–water partition coefficient (Wildman–Crippen LogP) is 3.13. The third-order valence-corrected chi connectivity index (χ3v) is 3.65. The molecule has 0 saturated carbocycles. The van der Waals surface area contributed by atoms with Crippen LogP contribution in [0.15, 0.2) is 30.9 Å². The highest BCUT2D eigenvalue weighted by atomic mass is 15.1. The molecular formula is C14H20N4. The monoisotopic (exact) mass is 244 g/mol. The van der Waals surface area contributed by atoms with Crippen LogP contribution < -0.4 is 5.73 Å². The van der Waals surface area contributed by atoms with E-state index in [1.807, 2.05) is 24.7 Å². The Bertz CT molecular complexity index is 518. The molecule has 2 atom stereocenters. The normalized spacial score (nSPS) is 14.4. The highest BCUT2D eigenvalue weighted by Crippen LogP contribution is 2.27. The van der Waals surface area contributed by atoms with Crippen LogP contribution in [0.3, 0.4) is 0 Å². The molecule has 0 aromatic carbocycles. The Morgan fingerprint density at radius 3 is 2.83 bits per heavy atom. The maximum atomic E-state index is 5.74. The van der Waals surface area contributed by atoms with Crippen molar-refractivity contribution in [1.82, 2.24) is 14.5 Å². The number of imidazole rings is 1. The van der Waals surface area contributed by atoms with Crippen molar-refractivity contribution in [3.63, 3.8) is 0 Å². The van der Waals surface area contributed by atoms with Crippen molar-refractivity contribution in [3.8, 4) is 11.3 Å². The molecule has 96 valence electrons. The summed E-state index contributed by atoms with van der Waals surface area (Å²) >= 11 is 0. The van der Waals surface area contributed by atoms with Gasteiger partial charge >= 0.3 is 0 Å². The van der Waals surface area contributed by atoms with Crippen LogP contribution in [0.2, 0.25) is 0 Å². The molecule has 2 unspecified atom stereocenters. The number of hydrogen-bond acceptors (Lipinski definition) is 3. The molecule has 4 heteroatoms. The van der Waals surface area contributed by atoms with Gasteiger partial charge in [0.05, 0.1) is 18.2 Å². The van der Waals surface area contributed by atoms with Crippen LogP contribution in [0.5, 0.6) is 0 Å². The third kappa shape index (κ3) is 2.37. The molecule has 0 aliphatic rings. The first-order chi connectivity index (χ1) is 8.63. The SMILES string of the molecule is CCC(C)C(C)n1cncc1-c1ccnc(N)c1. The number of hydrogen-bond donors (Lipinski definition) is 1. The second-order valence-electron chi connectivity index (χ2n) is 4.78. The molecule has 2 aromatic rings. The van der Waals surface area contributed by atoms with E-state index >= 15 is 0 Å². The van der Waals surface area contributed by atoms with E-state index in [4.69, 9.17) is 5.73 Å². The lowest BCUT2D eigenvalue weighted by atomic mass is 10.00. The fourth-order valence-corrected chi connectivity index (χ4v) is 2.08. The van der Waals surface area contributed by atoms with Crippen LogP contribution >= 0.6 is 0 Å². The van der Waals surface area contributed by atoms with Crippen LogP contribution in [-0.2, 0) is 0 Å². The standard InChI is InChI=1S/C14H20N4/c1-4-10(2)11(3)18-9-16-8-13(18)12-5-6-17-14(15)7-12/h5-11H,4H2,1-3H3,(H2,15,17). The van der Waals surface area contributed by atoms with E-state index in [9.17, 15) is 0 Å². The van der Waals surface area contributed by atoms with E-state index in [0.717, 1.165) is 17.7 Å². The third-order valence-electron chi connectivity index (χ3n) is 3.65. The molecule has 0 saturated heterocycles. The topological polar surface area (TPSA) is 56.7 Å². The summed E-state index contributed by atoms with van der Waals surface area (Å²) in [6, 6.07) is 4.27. The van der Waals surface area contributed by atoms with E-state index in [-0.39, 0.29) is 0 Å². The predicted molar refractivity (Wildman–Crippen MR) is 74.0 cm³/mol. The minimum Gasteiger partial charge on any atom is -0.384 e. The Kier molecular flexibility index (Phi) is 3.65. The Balaban J connectivity index is 2.39. The number of aromatic nitrogens is 3. The van der Waals surface area contributed by atoms with Crippen LogP contribution in [0, 0.1) is 5.92 Å². The van der Waals surface area contributed by atoms with Crippen molar-refractivity contribution in [3.05, 3.63) is 30.9 Å². The molecule has 18 heavy (non-hydrogen) atoms. The lowest BCUT2D eigenvalue weighted by Gasteiger charge is -2.22. The molecule has 2 N–H and O–H groups in total. The quantitative estimate of drug-likeness (QED) is 0.899. The first-order valence-corrected chi connectivity index (χ1v) is 6.37. The number of nitrogens with zero attached hydrogens (tertiary/aromatic N) is 3. The van der Waals surface area contributed by atoms with Gasteiger partial charge in [-0.2, -0.15) is 0 Å². The van der Waals surface area contributed by atoms with Crippen molar-refractivity contribution < 1.29 is 0 Å². The van der Waals surface area contributed by atoms with E-state index in [1.54, 1.807) is 6.20 Å². The molecule has 0 aliphatic carbocycles. The van der Waals surface area contributed by atoms with E-state index in [0.29, 0.717) is 17.8 Å². The summed E-state index contributed by atoms with van der Waals surface area (Å²) in [6.07, 6.45) is 6.66. The largest absolute Gasteiger partial charge is 0.384 e. The van der Waals surface area contributed by atoms with Gasteiger partial charge in [0.2, 0.25) is 0 Å². The smallest absolute Gasteiger partial charge is 0.123 e. The second kappa shape index (κ2) is 5.21. The molecule has 4 nitrogen and oxygen atoms in total. The van der Waals surface area contributed by atoms with Gasteiger partial charge in [0.25, 0.3) is 0 Å². The molecule has 0 fully saturated rings. The van der Waals surface area contributed by atoms with Crippen molar-refractivity contribution >= 4 is 5.82 Å². The molecule has 0 bridgehead atoms. The molecule has 0 aliphatic heterocycles. The summed E-state index contributed by atoms with van der Waals surface area (Å²) in [5.41, 5.74) is 7.90. The minimum atomic E-state index is 0.418. The molecule has 0 spiro atoms. The summed E-state index contributed by atoms with van der Waals surface area (Å²) in [5.74, 6) is 1.15. The lowest BCUT2D eigenvalue weighted by Crippen LogP contribution is -2.13. The maximum Gasteiger partial charge on any atom is 0.123 e. The van der Waals surface area contributed by atoms with Crippen molar-refractivity contribution in [1.29, 1.82) is 0 Å². The van der Waals surface area contributed by atoms with Crippen LogP contribution in [-0.4, -0.2) is 14.5 Å². The van der Waals surface area contributed by atoms with Crippen molar-refractivity contribution in [2.45, 2.75) is 33.2 Å². The van der Waals surface area contributed by atoms with E-state index < -0.39 is 0 Å². The van der Waals surface area contributed by atoms with Crippen LogP contribution in [0.1, 0.15) is 33.2 Å². The summed E-state index contributed by atoms with van der Waals surface area (Å²) < 4.78 is 2.21. The average Bonchev–Trinajstić information content (AvgIpc) is 2.86.